The number of aliphatic imine (C=N–C) groups is 1. The fraction of sp³-hybridized carbons (Fsp3) is 0.0588. The Bertz CT molecular complexity index is 883. The Kier molecular flexibility index (Phi) is 5.14. The Balaban J connectivity index is 1.89. The molecule has 0 spiro atoms. The van der Waals surface area contributed by atoms with Gasteiger partial charge in [-0.25, -0.2) is 9.69 Å². The topological polar surface area (TPSA) is 78.8 Å². The van der Waals surface area contributed by atoms with Crippen molar-refractivity contribution in [1.29, 1.82) is 0 Å². The van der Waals surface area contributed by atoms with E-state index in [0.717, 1.165) is 8.47 Å². The van der Waals surface area contributed by atoms with Gasteiger partial charge >= 0.3 is 6.03 Å². The van der Waals surface area contributed by atoms with Crippen LogP contribution in [0.1, 0.15) is 0 Å². The number of anilines is 1. The van der Waals surface area contributed by atoms with Crippen LogP contribution in [-0.4, -0.2) is 24.1 Å². The highest BCUT2D eigenvalue weighted by atomic mass is 127. The molecule has 4 amide bonds. The minimum Gasteiger partial charge on any atom is -0.276 e. The number of nitrogens with zero attached hydrogens (tertiary/aromatic N) is 2. The van der Waals surface area contributed by atoms with Gasteiger partial charge in [-0.05, 0) is 65.1 Å². The molecule has 1 heterocycles. The number of carbonyl (C=O) groups excluding carboxylic acids is 3. The molecule has 1 atom stereocenters. The third-order valence-electron chi connectivity index (χ3n) is 3.47. The summed E-state index contributed by atoms with van der Waals surface area (Å²) in [7, 11) is 0. The number of amides is 4. The molecule has 1 fully saturated rings. The first-order chi connectivity index (χ1) is 12.0. The van der Waals surface area contributed by atoms with Crippen molar-refractivity contribution in [2.45, 2.75) is 0 Å². The maximum Gasteiger partial charge on any atom is 0.335 e. The number of halogens is 2. The van der Waals surface area contributed by atoms with E-state index in [9.17, 15) is 14.4 Å². The van der Waals surface area contributed by atoms with Gasteiger partial charge in [0.15, 0.2) is 5.92 Å². The average Bonchev–Trinajstić information content (AvgIpc) is 2.56. The first-order valence-corrected chi connectivity index (χ1v) is 8.65. The number of urea groups is 1. The summed E-state index contributed by atoms with van der Waals surface area (Å²) in [6, 6.07) is 12.7. The zero-order valence-electron chi connectivity index (χ0n) is 12.6. The minimum atomic E-state index is -1.19. The highest BCUT2D eigenvalue weighted by Crippen LogP contribution is 2.23. The highest BCUT2D eigenvalue weighted by molar-refractivity contribution is 14.1. The van der Waals surface area contributed by atoms with Crippen LogP contribution in [0.4, 0.5) is 16.2 Å². The number of hydrogen-bond acceptors (Lipinski definition) is 4. The summed E-state index contributed by atoms with van der Waals surface area (Å²) in [5.41, 5.74) is 0.939. The molecule has 3 rings (SSSR count). The number of imide groups is 2. The molecule has 1 saturated heterocycles. The van der Waals surface area contributed by atoms with Gasteiger partial charge in [-0.3, -0.25) is 19.9 Å². The van der Waals surface area contributed by atoms with Gasteiger partial charge < -0.3 is 0 Å². The van der Waals surface area contributed by atoms with Crippen LogP contribution < -0.4 is 10.2 Å². The van der Waals surface area contributed by atoms with Crippen molar-refractivity contribution in [1.82, 2.24) is 5.32 Å². The molecule has 2 aromatic rings. The Hall–Kier alpha value is -2.26. The summed E-state index contributed by atoms with van der Waals surface area (Å²) in [6.45, 7) is 0. The fourth-order valence-corrected chi connectivity index (χ4v) is 2.93. The van der Waals surface area contributed by atoms with Crippen LogP contribution in [0.15, 0.2) is 53.5 Å². The second-order valence-electron chi connectivity index (χ2n) is 5.18. The summed E-state index contributed by atoms with van der Waals surface area (Å²) in [5, 5.41) is 2.65. The predicted octanol–water partition coefficient (Wildman–Crippen LogP) is 3.55. The molecule has 25 heavy (non-hydrogen) atoms. The van der Waals surface area contributed by atoms with Gasteiger partial charge in [0.2, 0.25) is 5.91 Å². The largest absolute Gasteiger partial charge is 0.335 e. The van der Waals surface area contributed by atoms with E-state index in [1.165, 1.54) is 18.3 Å². The van der Waals surface area contributed by atoms with E-state index >= 15 is 0 Å². The quantitative estimate of drug-likeness (QED) is 0.426. The van der Waals surface area contributed by atoms with Crippen LogP contribution in [0.2, 0.25) is 5.02 Å². The van der Waals surface area contributed by atoms with Gasteiger partial charge in [0.25, 0.3) is 5.91 Å². The van der Waals surface area contributed by atoms with Crippen molar-refractivity contribution >= 4 is 69.6 Å². The molecular formula is C17H11ClIN3O3. The Morgan fingerprint density at radius 2 is 1.84 bits per heavy atom. The maximum absolute atomic E-state index is 12.6. The van der Waals surface area contributed by atoms with E-state index in [-0.39, 0.29) is 0 Å². The van der Waals surface area contributed by atoms with Crippen LogP contribution in [-0.2, 0) is 9.59 Å². The number of rotatable bonds is 3. The molecule has 1 aliphatic heterocycles. The zero-order valence-corrected chi connectivity index (χ0v) is 15.6. The van der Waals surface area contributed by atoms with Gasteiger partial charge in [-0.15, -0.1) is 0 Å². The minimum absolute atomic E-state index is 0.326. The molecular weight excluding hydrogens is 457 g/mol. The lowest BCUT2D eigenvalue weighted by atomic mass is 10.1. The molecule has 0 aromatic heterocycles. The van der Waals surface area contributed by atoms with E-state index in [1.807, 2.05) is 18.2 Å². The Morgan fingerprint density at radius 1 is 1.12 bits per heavy atom. The van der Waals surface area contributed by atoms with Crippen molar-refractivity contribution in [3.8, 4) is 0 Å². The number of benzene rings is 2. The van der Waals surface area contributed by atoms with Gasteiger partial charge in [-0.1, -0.05) is 17.7 Å². The monoisotopic (exact) mass is 467 g/mol. The first kappa shape index (κ1) is 17.6. The smallest absolute Gasteiger partial charge is 0.276 e. The molecule has 1 N–H and O–H groups in total. The average molecular weight is 468 g/mol. The SMILES string of the molecule is O=C1NC(=O)N(c2ccc(Cl)cc2)C(=O)[C@H]1C=Nc1cccc(I)c1. The van der Waals surface area contributed by atoms with Crippen LogP contribution in [0, 0.1) is 9.49 Å². The van der Waals surface area contributed by atoms with Gasteiger partial charge in [0.1, 0.15) is 0 Å². The standard InChI is InChI=1S/C17H11ClIN3O3/c18-10-4-6-13(7-5-10)22-16(24)14(15(23)21-17(22)25)9-20-12-3-1-2-11(19)8-12/h1-9,14H,(H,21,23,25)/t14-/m0/s1. The van der Waals surface area contributed by atoms with E-state index < -0.39 is 23.8 Å². The van der Waals surface area contributed by atoms with Crippen LogP contribution in [0.3, 0.4) is 0 Å². The third kappa shape index (κ3) is 3.88. The third-order valence-corrected chi connectivity index (χ3v) is 4.39. The number of barbiturate groups is 1. The molecule has 0 unspecified atom stereocenters. The molecule has 6 nitrogen and oxygen atoms in total. The van der Waals surface area contributed by atoms with Crippen LogP contribution >= 0.6 is 34.2 Å². The van der Waals surface area contributed by atoms with E-state index in [2.05, 4.69) is 32.9 Å². The summed E-state index contributed by atoms with van der Waals surface area (Å²) < 4.78 is 0.977. The molecule has 0 aliphatic carbocycles. The van der Waals surface area contributed by atoms with Gasteiger partial charge in [0.05, 0.1) is 11.4 Å². The van der Waals surface area contributed by atoms with Crippen molar-refractivity contribution in [3.63, 3.8) is 0 Å². The molecule has 2 aromatic carbocycles. The first-order valence-electron chi connectivity index (χ1n) is 7.20. The van der Waals surface area contributed by atoms with Gasteiger partial charge in [0, 0.05) is 14.8 Å². The Labute approximate surface area is 162 Å². The van der Waals surface area contributed by atoms with Gasteiger partial charge in [-0.2, -0.15) is 0 Å². The molecule has 126 valence electrons. The van der Waals surface area contributed by atoms with Crippen molar-refractivity contribution < 1.29 is 14.4 Å². The van der Waals surface area contributed by atoms with E-state index in [1.54, 1.807) is 18.2 Å². The molecule has 0 radical (unpaired) electrons. The molecule has 1 aliphatic rings. The number of nitrogens with one attached hydrogen (secondary N) is 1. The molecule has 8 heteroatoms. The van der Waals surface area contributed by atoms with E-state index in [0.29, 0.717) is 16.4 Å². The van der Waals surface area contributed by atoms with Crippen molar-refractivity contribution in [2.24, 2.45) is 10.9 Å². The molecule has 0 bridgehead atoms. The van der Waals surface area contributed by atoms with Crippen molar-refractivity contribution in [3.05, 3.63) is 57.1 Å². The van der Waals surface area contributed by atoms with Crippen molar-refractivity contribution in [2.75, 3.05) is 4.90 Å². The lowest BCUT2D eigenvalue weighted by Crippen LogP contribution is -2.58. The lowest BCUT2D eigenvalue weighted by Gasteiger charge is -2.28. The summed E-state index contributed by atoms with van der Waals surface area (Å²) in [6.07, 6.45) is 1.25. The summed E-state index contributed by atoms with van der Waals surface area (Å²) in [5.74, 6) is -2.55. The second kappa shape index (κ2) is 7.32. The lowest BCUT2D eigenvalue weighted by molar-refractivity contribution is -0.131. The molecule has 0 saturated carbocycles. The number of carbonyl (C=O) groups is 3. The second-order valence-corrected chi connectivity index (χ2v) is 6.86. The van der Waals surface area contributed by atoms with Crippen LogP contribution in [0.5, 0.6) is 0 Å². The van der Waals surface area contributed by atoms with Crippen LogP contribution in [0.25, 0.3) is 0 Å². The Morgan fingerprint density at radius 3 is 2.52 bits per heavy atom. The predicted molar refractivity (Wildman–Crippen MR) is 103 cm³/mol. The summed E-state index contributed by atoms with van der Waals surface area (Å²) in [4.78, 5) is 41.8. The highest BCUT2D eigenvalue weighted by Gasteiger charge is 2.40. The van der Waals surface area contributed by atoms with E-state index in [4.69, 9.17) is 11.6 Å². The number of hydrogen-bond donors (Lipinski definition) is 1. The summed E-state index contributed by atoms with van der Waals surface area (Å²) >= 11 is 7.97. The fourth-order valence-electron chi connectivity index (χ4n) is 2.27. The zero-order chi connectivity index (χ0) is 18.0. The normalized spacial score (nSPS) is 17.9. The maximum atomic E-state index is 12.6.